The predicted octanol–water partition coefficient (Wildman–Crippen LogP) is 2.02. The van der Waals surface area contributed by atoms with Gasteiger partial charge in [0.15, 0.2) is 0 Å². The van der Waals surface area contributed by atoms with Gasteiger partial charge in [0.2, 0.25) is 0 Å². The van der Waals surface area contributed by atoms with Crippen LogP contribution >= 0.6 is 0 Å². The van der Waals surface area contributed by atoms with Crippen molar-refractivity contribution in [1.29, 1.82) is 0 Å². The zero-order valence-electron chi connectivity index (χ0n) is 7.42. The van der Waals surface area contributed by atoms with Crippen LogP contribution in [0, 0.1) is 23.7 Å². The van der Waals surface area contributed by atoms with Gasteiger partial charge in [0.1, 0.15) is 0 Å². The van der Waals surface area contributed by atoms with E-state index in [1.54, 1.807) is 0 Å². The molecule has 0 radical (unpaired) electrons. The highest BCUT2D eigenvalue weighted by Gasteiger charge is 2.45. The molecule has 2 bridgehead atoms. The van der Waals surface area contributed by atoms with Gasteiger partial charge in [-0.1, -0.05) is 13.3 Å². The molecule has 0 aromatic carbocycles. The summed E-state index contributed by atoms with van der Waals surface area (Å²) in [7, 11) is 0. The second kappa shape index (κ2) is 2.78. The van der Waals surface area contributed by atoms with Crippen LogP contribution in [-0.4, -0.2) is 6.54 Å². The van der Waals surface area contributed by atoms with Gasteiger partial charge in [-0.2, -0.15) is 0 Å². The van der Waals surface area contributed by atoms with Crippen molar-refractivity contribution in [3.63, 3.8) is 0 Å². The molecule has 2 aliphatic rings. The van der Waals surface area contributed by atoms with Crippen molar-refractivity contribution in [2.45, 2.75) is 32.6 Å². The molecule has 0 aromatic heterocycles. The third kappa shape index (κ3) is 1.01. The van der Waals surface area contributed by atoms with Crippen molar-refractivity contribution in [2.24, 2.45) is 29.4 Å². The predicted molar refractivity (Wildman–Crippen MR) is 47.2 cm³/mol. The summed E-state index contributed by atoms with van der Waals surface area (Å²) in [6, 6.07) is 0. The Bertz CT molecular complexity index is 128. The van der Waals surface area contributed by atoms with Gasteiger partial charge in [-0.05, 0) is 49.5 Å². The van der Waals surface area contributed by atoms with Gasteiger partial charge in [0.25, 0.3) is 0 Å². The maximum absolute atomic E-state index is 5.79. The van der Waals surface area contributed by atoms with Crippen molar-refractivity contribution in [1.82, 2.24) is 0 Å². The van der Waals surface area contributed by atoms with Crippen LogP contribution in [0.1, 0.15) is 32.6 Å². The summed E-state index contributed by atoms with van der Waals surface area (Å²) >= 11 is 0. The van der Waals surface area contributed by atoms with Crippen LogP contribution in [0.15, 0.2) is 0 Å². The first kappa shape index (κ1) is 7.60. The molecule has 0 aromatic rings. The molecule has 2 saturated carbocycles. The molecule has 2 N–H and O–H groups in total. The Morgan fingerprint density at radius 3 is 2.27 bits per heavy atom. The van der Waals surface area contributed by atoms with Crippen LogP contribution in [0.4, 0.5) is 0 Å². The highest BCUT2D eigenvalue weighted by atomic mass is 14.6. The molecule has 2 aliphatic carbocycles. The number of hydrogen-bond donors (Lipinski definition) is 1. The molecule has 1 heteroatoms. The lowest BCUT2D eigenvalue weighted by atomic mass is 9.78. The highest BCUT2D eigenvalue weighted by Crippen LogP contribution is 2.52. The molecule has 4 atom stereocenters. The fourth-order valence-electron chi connectivity index (χ4n) is 3.53. The molecule has 2 fully saturated rings. The van der Waals surface area contributed by atoms with Crippen LogP contribution in [0.3, 0.4) is 0 Å². The molecule has 0 spiro atoms. The molecule has 0 heterocycles. The smallest absolute Gasteiger partial charge is 0.00435 e. The van der Waals surface area contributed by atoms with Gasteiger partial charge >= 0.3 is 0 Å². The van der Waals surface area contributed by atoms with E-state index in [2.05, 4.69) is 6.92 Å². The summed E-state index contributed by atoms with van der Waals surface area (Å²) in [4.78, 5) is 0. The fraction of sp³-hybridized carbons (Fsp3) is 1.00. The van der Waals surface area contributed by atoms with Gasteiger partial charge in [-0.25, -0.2) is 0 Å². The van der Waals surface area contributed by atoms with E-state index in [4.69, 9.17) is 5.73 Å². The topological polar surface area (TPSA) is 26.0 Å². The number of rotatable bonds is 2. The largest absolute Gasteiger partial charge is 0.330 e. The van der Waals surface area contributed by atoms with Gasteiger partial charge in [0.05, 0.1) is 0 Å². The van der Waals surface area contributed by atoms with Crippen molar-refractivity contribution in [2.75, 3.05) is 6.54 Å². The number of hydrogen-bond acceptors (Lipinski definition) is 1. The van der Waals surface area contributed by atoms with Crippen LogP contribution in [0.2, 0.25) is 0 Å². The van der Waals surface area contributed by atoms with Crippen LogP contribution in [-0.2, 0) is 0 Å². The van der Waals surface area contributed by atoms with E-state index >= 15 is 0 Å². The minimum Gasteiger partial charge on any atom is -0.330 e. The van der Waals surface area contributed by atoms with E-state index in [-0.39, 0.29) is 0 Å². The van der Waals surface area contributed by atoms with Gasteiger partial charge in [0, 0.05) is 0 Å². The van der Waals surface area contributed by atoms with Crippen LogP contribution in [0.5, 0.6) is 0 Å². The van der Waals surface area contributed by atoms with Gasteiger partial charge < -0.3 is 5.73 Å². The SMILES string of the molecule is CCC1C2CCC(C2)C1CN. The first-order valence-electron chi connectivity index (χ1n) is 5.06. The molecule has 1 nitrogen and oxygen atoms in total. The lowest BCUT2D eigenvalue weighted by Crippen LogP contribution is -2.28. The lowest BCUT2D eigenvalue weighted by molar-refractivity contribution is 0.221. The summed E-state index contributed by atoms with van der Waals surface area (Å²) in [5.74, 6) is 3.94. The zero-order chi connectivity index (χ0) is 7.84. The minimum atomic E-state index is 0.888. The summed E-state index contributed by atoms with van der Waals surface area (Å²) < 4.78 is 0. The minimum absolute atomic E-state index is 0.888. The standard InChI is InChI=1S/C10H19N/c1-2-9-7-3-4-8(5-7)10(9)6-11/h7-10H,2-6,11H2,1H3. The average molecular weight is 153 g/mol. The second-order valence-corrected chi connectivity index (χ2v) is 4.30. The van der Waals surface area contributed by atoms with E-state index in [1.807, 2.05) is 0 Å². The second-order valence-electron chi connectivity index (χ2n) is 4.30. The number of fused-ring (bicyclic) bond motifs is 2. The van der Waals surface area contributed by atoms with Gasteiger partial charge in [-0.15, -0.1) is 0 Å². The van der Waals surface area contributed by atoms with E-state index in [0.29, 0.717) is 0 Å². The summed E-state index contributed by atoms with van der Waals surface area (Å²) in [6.45, 7) is 3.27. The van der Waals surface area contributed by atoms with Crippen molar-refractivity contribution < 1.29 is 0 Å². The summed E-state index contributed by atoms with van der Waals surface area (Å²) in [5.41, 5.74) is 5.79. The monoisotopic (exact) mass is 153 g/mol. The first-order valence-corrected chi connectivity index (χ1v) is 5.06. The Hall–Kier alpha value is -0.0400. The average Bonchev–Trinajstić information content (AvgIpc) is 2.60. The van der Waals surface area contributed by atoms with E-state index in [9.17, 15) is 0 Å². The van der Waals surface area contributed by atoms with Crippen LogP contribution in [0.25, 0.3) is 0 Å². The third-order valence-corrected chi connectivity index (χ3v) is 4.02. The first-order chi connectivity index (χ1) is 5.36. The molecular formula is C10H19N. The summed E-state index contributed by atoms with van der Waals surface area (Å²) in [6.07, 6.45) is 5.84. The summed E-state index contributed by atoms with van der Waals surface area (Å²) in [5, 5.41) is 0. The molecular weight excluding hydrogens is 134 g/mol. The number of nitrogens with two attached hydrogens (primary N) is 1. The van der Waals surface area contributed by atoms with Crippen molar-refractivity contribution >= 4 is 0 Å². The third-order valence-electron chi connectivity index (χ3n) is 4.02. The maximum Gasteiger partial charge on any atom is -0.00435 e. The molecule has 0 saturated heterocycles. The molecule has 64 valence electrons. The zero-order valence-corrected chi connectivity index (χ0v) is 7.42. The molecule has 4 unspecified atom stereocenters. The maximum atomic E-state index is 5.79. The highest BCUT2D eigenvalue weighted by molar-refractivity contribution is 4.95. The molecule has 0 aliphatic heterocycles. The molecule has 11 heavy (non-hydrogen) atoms. The normalized spacial score (nSPS) is 48.5. The lowest BCUT2D eigenvalue weighted by Gasteiger charge is -2.28. The van der Waals surface area contributed by atoms with Gasteiger partial charge in [-0.3, -0.25) is 0 Å². The Labute approximate surface area is 69.4 Å². The molecule has 2 rings (SSSR count). The quantitative estimate of drug-likeness (QED) is 0.645. The Balaban J connectivity index is 2.08. The Morgan fingerprint density at radius 1 is 1.18 bits per heavy atom. The van der Waals surface area contributed by atoms with Crippen molar-refractivity contribution in [3.05, 3.63) is 0 Å². The molecule has 0 amide bonds. The fourth-order valence-corrected chi connectivity index (χ4v) is 3.53. The van der Waals surface area contributed by atoms with E-state index in [0.717, 1.165) is 30.2 Å². The Morgan fingerprint density at radius 2 is 1.82 bits per heavy atom. The van der Waals surface area contributed by atoms with E-state index in [1.165, 1.54) is 25.7 Å². The van der Waals surface area contributed by atoms with Crippen molar-refractivity contribution in [3.8, 4) is 0 Å². The Kier molecular flexibility index (Phi) is 1.92. The van der Waals surface area contributed by atoms with E-state index < -0.39 is 0 Å². The van der Waals surface area contributed by atoms with Crippen LogP contribution < -0.4 is 5.73 Å².